The zero-order valence-corrected chi connectivity index (χ0v) is 14.0. The summed E-state index contributed by atoms with van der Waals surface area (Å²) in [7, 11) is 0. The molecule has 0 spiro atoms. The van der Waals surface area contributed by atoms with Crippen LogP contribution in [0.5, 0.6) is 5.88 Å². The molecule has 0 radical (unpaired) electrons. The molecule has 2 heterocycles. The molecule has 0 bridgehead atoms. The smallest absolute Gasteiger partial charge is 0.213 e. The van der Waals surface area contributed by atoms with Crippen LogP contribution in [0.15, 0.2) is 42.1 Å². The maximum Gasteiger partial charge on any atom is 0.213 e. The Bertz CT molecular complexity index is 571. The minimum atomic E-state index is 0.0803. The normalized spacial score (nSPS) is 29.2. The van der Waals surface area contributed by atoms with Gasteiger partial charge in [0.2, 0.25) is 5.88 Å². The van der Waals surface area contributed by atoms with Gasteiger partial charge in [0.1, 0.15) is 6.10 Å². The minimum absolute atomic E-state index is 0.0803. The van der Waals surface area contributed by atoms with Crippen molar-refractivity contribution in [3.63, 3.8) is 0 Å². The van der Waals surface area contributed by atoms with Crippen molar-refractivity contribution >= 4 is 23.2 Å². The third-order valence-electron chi connectivity index (χ3n) is 4.38. The second-order valence-corrected chi connectivity index (χ2v) is 6.88. The zero-order valence-electron chi connectivity index (χ0n) is 12.5. The molecule has 0 aromatic carbocycles. The Morgan fingerprint density at radius 2 is 2.23 bits per heavy atom. The number of nitrogens with one attached hydrogen (secondary N) is 1. The van der Waals surface area contributed by atoms with E-state index < -0.39 is 0 Å². The lowest BCUT2D eigenvalue weighted by Crippen LogP contribution is -2.31. The summed E-state index contributed by atoms with van der Waals surface area (Å²) >= 11 is 12.0. The van der Waals surface area contributed by atoms with E-state index in [9.17, 15) is 0 Å². The molecular weight excluding hydrogens is 319 g/mol. The Hall–Kier alpha value is -1.03. The fourth-order valence-electron chi connectivity index (χ4n) is 3.15. The van der Waals surface area contributed by atoms with Crippen molar-refractivity contribution in [1.29, 1.82) is 0 Å². The number of pyridine rings is 1. The van der Waals surface area contributed by atoms with Crippen LogP contribution in [-0.2, 0) is 0 Å². The monoisotopic (exact) mass is 338 g/mol. The first-order valence-electron chi connectivity index (χ1n) is 7.64. The quantitative estimate of drug-likeness (QED) is 0.847. The lowest BCUT2D eigenvalue weighted by atomic mass is 9.83. The molecular formula is C17H20Cl2N2O. The summed E-state index contributed by atoms with van der Waals surface area (Å²) in [5, 5.41) is 4.22. The van der Waals surface area contributed by atoms with Crippen LogP contribution < -0.4 is 10.1 Å². The first kappa shape index (κ1) is 15.9. The van der Waals surface area contributed by atoms with E-state index in [-0.39, 0.29) is 11.5 Å². The predicted octanol–water partition coefficient (Wildman–Crippen LogP) is 3.83. The van der Waals surface area contributed by atoms with E-state index in [2.05, 4.69) is 35.5 Å². The van der Waals surface area contributed by atoms with Crippen LogP contribution in [0.4, 0.5) is 0 Å². The van der Waals surface area contributed by atoms with Gasteiger partial charge in [-0.3, -0.25) is 0 Å². The Balaban J connectivity index is 1.67. The number of hydrogen-bond donors (Lipinski definition) is 1. The zero-order chi connectivity index (χ0) is 15.5. The van der Waals surface area contributed by atoms with Gasteiger partial charge in [-0.05, 0) is 25.0 Å². The van der Waals surface area contributed by atoms with Gasteiger partial charge in [0.15, 0.2) is 0 Å². The van der Waals surface area contributed by atoms with Crippen LogP contribution in [0.3, 0.4) is 0 Å². The van der Waals surface area contributed by atoms with Crippen LogP contribution in [0.2, 0.25) is 5.02 Å². The van der Waals surface area contributed by atoms with E-state index in [1.165, 1.54) is 5.57 Å². The summed E-state index contributed by atoms with van der Waals surface area (Å²) in [6.07, 6.45) is 9.11. The molecule has 0 saturated carbocycles. The average molecular weight is 339 g/mol. The number of alkyl halides is 1. The molecule has 5 heteroatoms. The van der Waals surface area contributed by atoms with E-state index in [4.69, 9.17) is 27.9 Å². The molecule has 1 fully saturated rings. The molecule has 0 amide bonds. The van der Waals surface area contributed by atoms with Gasteiger partial charge >= 0.3 is 0 Å². The molecule has 3 rings (SSSR count). The largest absolute Gasteiger partial charge is 0.474 e. The molecule has 1 saturated heterocycles. The standard InChI is InChI=1S/C17H20Cl2N2O/c1-11(22-17-7-6-14(19)8-21-17)15-9-20-10-16(15)12-2-4-13(18)5-3-12/h2-4,6-8,11,13,15-16,20H,5,9-10H2,1H3. The van der Waals surface area contributed by atoms with Crippen molar-refractivity contribution in [3.05, 3.63) is 47.2 Å². The van der Waals surface area contributed by atoms with Gasteiger partial charge < -0.3 is 10.1 Å². The highest BCUT2D eigenvalue weighted by atomic mass is 35.5. The number of allylic oxidation sites excluding steroid dienone is 3. The molecule has 1 aliphatic heterocycles. The Labute approximate surface area is 141 Å². The van der Waals surface area contributed by atoms with E-state index in [0.29, 0.717) is 22.7 Å². The Morgan fingerprint density at radius 1 is 1.36 bits per heavy atom. The van der Waals surface area contributed by atoms with Gasteiger partial charge in [-0.25, -0.2) is 4.98 Å². The van der Waals surface area contributed by atoms with Crippen molar-refractivity contribution in [2.24, 2.45) is 11.8 Å². The summed E-state index contributed by atoms with van der Waals surface area (Å²) < 4.78 is 6.01. The molecule has 118 valence electrons. The average Bonchev–Trinajstić information content (AvgIpc) is 3.00. The highest BCUT2D eigenvalue weighted by Crippen LogP contribution is 2.32. The van der Waals surface area contributed by atoms with Crippen LogP contribution >= 0.6 is 23.2 Å². The molecule has 1 aromatic heterocycles. The third-order valence-corrected chi connectivity index (χ3v) is 4.92. The van der Waals surface area contributed by atoms with E-state index in [1.807, 2.05) is 6.07 Å². The number of rotatable bonds is 4. The van der Waals surface area contributed by atoms with Gasteiger partial charge in [0.25, 0.3) is 0 Å². The molecule has 22 heavy (non-hydrogen) atoms. The highest BCUT2D eigenvalue weighted by molar-refractivity contribution is 6.30. The first-order valence-corrected chi connectivity index (χ1v) is 8.46. The van der Waals surface area contributed by atoms with Gasteiger partial charge in [0, 0.05) is 37.2 Å². The summed E-state index contributed by atoms with van der Waals surface area (Å²) in [5.74, 6) is 1.50. The Kier molecular flexibility index (Phi) is 5.07. The van der Waals surface area contributed by atoms with Crippen molar-refractivity contribution in [1.82, 2.24) is 10.3 Å². The topological polar surface area (TPSA) is 34.1 Å². The number of hydrogen-bond acceptors (Lipinski definition) is 3. The third kappa shape index (κ3) is 3.65. The number of ether oxygens (including phenoxy) is 1. The van der Waals surface area contributed by atoms with Gasteiger partial charge in [0.05, 0.1) is 10.4 Å². The molecule has 1 aromatic rings. The van der Waals surface area contributed by atoms with Crippen LogP contribution in [0.1, 0.15) is 13.3 Å². The molecule has 4 unspecified atom stereocenters. The van der Waals surface area contributed by atoms with Crippen LogP contribution in [0, 0.1) is 11.8 Å². The molecule has 1 N–H and O–H groups in total. The molecule has 2 aliphatic rings. The van der Waals surface area contributed by atoms with Crippen molar-refractivity contribution in [2.75, 3.05) is 13.1 Å². The SMILES string of the molecule is CC(Oc1ccc(Cl)cn1)C1CNCC1C1=CCC(Cl)C=C1. The molecule has 3 nitrogen and oxygen atoms in total. The van der Waals surface area contributed by atoms with Gasteiger partial charge in [-0.2, -0.15) is 0 Å². The number of aromatic nitrogens is 1. The van der Waals surface area contributed by atoms with Crippen molar-refractivity contribution in [2.45, 2.75) is 24.8 Å². The van der Waals surface area contributed by atoms with Gasteiger partial charge in [-0.15, -0.1) is 11.6 Å². The maximum absolute atomic E-state index is 6.12. The molecule has 4 atom stereocenters. The van der Waals surface area contributed by atoms with E-state index >= 15 is 0 Å². The number of nitrogens with zero attached hydrogens (tertiary/aromatic N) is 1. The highest BCUT2D eigenvalue weighted by Gasteiger charge is 2.34. The van der Waals surface area contributed by atoms with E-state index in [1.54, 1.807) is 12.3 Å². The van der Waals surface area contributed by atoms with Crippen molar-refractivity contribution < 1.29 is 4.74 Å². The number of halogens is 2. The fraction of sp³-hybridized carbons (Fsp3) is 0.471. The van der Waals surface area contributed by atoms with Crippen molar-refractivity contribution in [3.8, 4) is 5.88 Å². The van der Waals surface area contributed by atoms with E-state index in [0.717, 1.165) is 19.5 Å². The predicted molar refractivity (Wildman–Crippen MR) is 90.7 cm³/mol. The summed E-state index contributed by atoms with van der Waals surface area (Å²) in [4.78, 5) is 4.22. The second kappa shape index (κ2) is 7.03. The summed E-state index contributed by atoms with van der Waals surface area (Å²) in [6, 6.07) is 3.61. The molecule has 1 aliphatic carbocycles. The first-order chi connectivity index (χ1) is 10.6. The Morgan fingerprint density at radius 3 is 2.91 bits per heavy atom. The van der Waals surface area contributed by atoms with Crippen LogP contribution in [0.25, 0.3) is 0 Å². The van der Waals surface area contributed by atoms with Gasteiger partial charge in [-0.1, -0.05) is 29.8 Å². The lowest BCUT2D eigenvalue weighted by molar-refractivity contribution is 0.138. The lowest BCUT2D eigenvalue weighted by Gasteiger charge is -2.27. The fourth-order valence-corrected chi connectivity index (χ4v) is 3.43. The van der Waals surface area contributed by atoms with Crippen LogP contribution in [-0.4, -0.2) is 29.6 Å². The summed E-state index contributed by atoms with van der Waals surface area (Å²) in [6.45, 7) is 4.04. The second-order valence-electron chi connectivity index (χ2n) is 5.88. The maximum atomic E-state index is 6.12. The minimum Gasteiger partial charge on any atom is -0.474 e. The summed E-state index contributed by atoms with van der Waals surface area (Å²) in [5.41, 5.74) is 1.37.